The van der Waals surface area contributed by atoms with Crippen LogP contribution < -0.4 is 0 Å². The van der Waals surface area contributed by atoms with Gasteiger partial charge >= 0.3 is 0 Å². The minimum atomic E-state index is -0.116. The molecule has 1 amide bonds. The second-order valence-corrected chi connectivity index (χ2v) is 6.95. The Labute approximate surface area is 134 Å². The van der Waals surface area contributed by atoms with Gasteiger partial charge in [-0.15, -0.1) is 22.9 Å². The van der Waals surface area contributed by atoms with Crippen molar-refractivity contribution in [2.45, 2.75) is 19.9 Å². The summed E-state index contributed by atoms with van der Waals surface area (Å²) in [5.41, 5.74) is 0.832. The van der Waals surface area contributed by atoms with Gasteiger partial charge in [-0.05, 0) is 22.9 Å². The smallest absolute Gasteiger partial charge is 0.237 e. The summed E-state index contributed by atoms with van der Waals surface area (Å²) in [6, 6.07) is 1.86. The lowest BCUT2D eigenvalue weighted by Gasteiger charge is -2.19. The minimum absolute atomic E-state index is 0.0397. The number of hydrogen-bond donors (Lipinski definition) is 0. The van der Waals surface area contributed by atoms with Gasteiger partial charge in [-0.3, -0.25) is 4.79 Å². The number of aryl methyl sites for hydroxylation is 1. The first-order valence-electron chi connectivity index (χ1n) is 5.94. The number of halogens is 2. The van der Waals surface area contributed by atoms with Crippen LogP contribution in [0.1, 0.15) is 16.5 Å². The third-order valence-corrected chi connectivity index (χ3v) is 4.31. The molecule has 0 aliphatic carbocycles. The lowest BCUT2D eigenvalue weighted by atomic mass is 10.3. The molecule has 0 radical (unpaired) electrons. The molecule has 2 heterocycles. The molecule has 20 heavy (non-hydrogen) atoms. The predicted octanol–water partition coefficient (Wildman–Crippen LogP) is 3.01. The van der Waals surface area contributed by atoms with Gasteiger partial charge in [-0.2, -0.15) is 0 Å². The second kappa shape index (κ2) is 7.19. The number of alkyl halides is 1. The van der Waals surface area contributed by atoms with E-state index in [1.54, 1.807) is 11.1 Å². The van der Waals surface area contributed by atoms with Crippen LogP contribution >= 0.6 is 38.9 Å². The average molecular weight is 379 g/mol. The van der Waals surface area contributed by atoms with E-state index in [2.05, 4.69) is 26.1 Å². The third kappa shape index (κ3) is 4.29. The van der Waals surface area contributed by atoms with Crippen molar-refractivity contribution in [1.29, 1.82) is 0 Å². The van der Waals surface area contributed by atoms with Crippen LogP contribution in [0.25, 0.3) is 0 Å². The number of carbonyl (C=O) groups excluding carboxylic acids is 1. The Kier molecular flexibility index (Phi) is 5.56. The number of rotatable bonds is 6. The fourth-order valence-electron chi connectivity index (χ4n) is 1.68. The van der Waals surface area contributed by atoms with Gasteiger partial charge in [-0.1, -0.05) is 5.16 Å². The number of amides is 1. The average Bonchev–Trinajstić information content (AvgIpc) is 3.02. The lowest BCUT2D eigenvalue weighted by Crippen LogP contribution is -2.33. The molecule has 0 unspecified atom stereocenters. The van der Waals surface area contributed by atoms with Gasteiger partial charge < -0.3 is 9.42 Å². The van der Waals surface area contributed by atoms with Gasteiger partial charge in [0.25, 0.3) is 0 Å². The molecule has 108 valence electrons. The normalized spacial score (nSPS) is 10.8. The predicted molar refractivity (Wildman–Crippen MR) is 80.9 cm³/mol. The molecule has 0 aliphatic heterocycles. The SMILES string of the molecule is Cc1cc(CCN(Cc2ncc(Br)s2)C(=O)CCl)on1. The summed E-state index contributed by atoms with van der Waals surface area (Å²) in [7, 11) is 0. The summed E-state index contributed by atoms with van der Waals surface area (Å²) in [4.78, 5) is 17.8. The third-order valence-electron chi connectivity index (χ3n) is 2.62. The molecule has 2 rings (SSSR count). The monoisotopic (exact) mass is 377 g/mol. The zero-order valence-corrected chi connectivity index (χ0v) is 14.0. The van der Waals surface area contributed by atoms with E-state index in [1.165, 1.54) is 11.3 Å². The molecular formula is C12H13BrClN3O2S. The van der Waals surface area contributed by atoms with Gasteiger partial charge in [0.1, 0.15) is 16.6 Å². The van der Waals surface area contributed by atoms with Crippen molar-refractivity contribution in [3.8, 4) is 0 Å². The Hall–Kier alpha value is -0.920. The van der Waals surface area contributed by atoms with Crippen LogP contribution in [0.15, 0.2) is 20.6 Å². The molecule has 2 aromatic rings. The standard InChI is InChI=1S/C12H13BrClN3O2S/c1-8-4-9(19-16-8)2-3-17(12(18)5-14)7-11-15-6-10(13)20-11/h4,6H,2-3,5,7H2,1H3. The lowest BCUT2D eigenvalue weighted by molar-refractivity contribution is -0.129. The topological polar surface area (TPSA) is 59.2 Å². The van der Waals surface area contributed by atoms with Crippen molar-refractivity contribution in [2.24, 2.45) is 0 Å². The summed E-state index contributed by atoms with van der Waals surface area (Å²) in [6.07, 6.45) is 2.33. The van der Waals surface area contributed by atoms with E-state index >= 15 is 0 Å². The van der Waals surface area contributed by atoms with E-state index in [-0.39, 0.29) is 11.8 Å². The maximum absolute atomic E-state index is 11.9. The molecule has 0 fully saturated rings. The fraction of sp³-hybridized carbons (Fsp3) is 0.417. The highest BCUT2D eigenvalue weighted by atomic mass is 79.9. The van der Waals surface area contributed by atoms with Crippen molar-refractivity contribution in [3.05, 3.63) is 32.5 Å². The quantitative estimate of drug-likeness (QED) is 0.725. The number of aromatic nitrogens is 2. The van der Waals surface area contributed by atoms with Gasteiger partial charge in [0.15, 0.2) is 0 Å². The zero-order chi connectivity index (χ0) is 14.5. The van der Waals surface area contributed by atoms with E-state index in [9.17, 15) is 4.79 Å². The van der Waals surface area contributed by atoms with Gasteiger partial charge in [0.2, 0.25) is 5.91 Å². The van der Waals surface area contributed by atoms with Crippen molar-refractivity contribution in [3.63, 3.8) is 0 Å². The minimum Gasteiger partial charge on any atom is -0.361 e. The molecule has 0 atom stereocenters. The summed E-state index contributed by atoms with van der Waals surface area (Å²) in [6.45, 7) is 2.84. The number of thiazole rings is 1. The summed E-state index contributed by atoms with van der Waals surface area (Å²) >= 11 is 10.5. The molecule has 2 aromatic heterocycles. The van der Waals surface area contributed by atoms with Crippen LogP contribution in [-0.2, 0) is 17.8 Å². The highest BCUT2D eigenvalue weighted by molar-refractivity contribution is 9.11. The summed E-state index contributed by atoms with van der Waals surface area (Å²) < 4.78 is 6.08. The van der Waals surface area contributed by atoms with E-state index in [0.717, 1.165) is 20.2 Å². The van der Waals surface area contributed by atoms with E-state index in [0.29, 0.717) is 19.5 Å². The zero-order valence-electron chi connectivity index (χ0n) is 10.8. The first-order chi connectivity index (χ1) is 9.58. The van der Waals surface area contributed by atoms with E-state index in [1.807, 2.05) is 13.0 Å². The number of nitrogens with zero attached hydrogens (tertiary/aromatic N) is 3. The van der Waals surface area contributed by atoms with Crippen LogP contribution in [0.2, 0.25) is 0 Å². The fourth-order valence-corrected chi connectivity index (χ4v) is 3.17. The second-order valence-electron chi connectivity index (χ2n) is 4.19. The van der Waals surface area contributed by atoms with Gasteiger partial charge in [-0.25, -0.2) is 4.98 Å². The molecule has 0 N–H and O–H groups in total. The molecule has 0 bridgehead atoms. The first-order valence-corrected chi connectivity index (χ1v) is 8.09. The van der Waals surface area contributed by atoms with Crippen molar-refractivity contribution >= 4 is 44.8 Å². The Bertz CT molecular complexity index is 587. The van der Waals surface area contributed by atoms with Crippen LogP contribution in [0.3, 0.4) is 0 Å². The molecule has 0 saturated heterocycles. The maximum Gasteiger partial charge on any atom is 0.237 e. The molecule has 8 heteroatoms. The Morgan fingerprint density at radius 2 is 2.40 bits per heavy atom. The van der Waals surface area contributed by atoms with Crippen molar-refractivity contribution in [2.75, 3.05) is 12.4 Å². The van der Waals surface area contributed by atoms with Crippen LogP contribution in [-0.4, -0.2) is 33.4 Å². The molecular weight excluding hydrogens is 366 g/mol. The molecule has 5 nitrogen and oxygen atoms in total. The van der Waals surface area contributed by atoms with Crippen LogP contribution in [0, 0.1) is 6.92 Å². The van der Waals surface area contributed by atoms with Crippen LogP contribution in [0.4, 0.5) is 0 Å². The molecule has 0 spiro atoms. The summed E-state index contributed by atoms with van der Waals surface area (Å²) in [5.74, 6) is 0.603. The van der Waals surface area contributed by atoms with Gasteiger partial charge in [0, 0.05) is 19.0 Å². The van der Waals surface area contributed by atoms with E-state index < -0.39 is 0 Å². The Balaban J connectivity index is 1.98. The van der Waals surface area contributed by atoms with Crippen molar-refractivity contribution < 1.29 is 9.32 Å². The Morgan fingerprint density at radius 3 is 2.95 bits per heavy atom. The highest BCUT2D eigenvalue weighted by Gasteiger charge is 2.15. The largest absolute Gasteiger partial charge is 0.361 e. The Morgan fingerprint density at radius 1 is 1.60 bits per heavy atom. The highest BCUT2D eigenvalue weighted by Crippen LogP contribution is 2.20. The van der Waals surface area contributed by atoms with Crippen LogP contribution in [0.5, 0.6) is 0 Å². The molecule has 0 aliphatic rings. The molecule has 0 saturated carbocycles. The molecule has 0 aromatic carbocycles. The van der Waals surface area contributed by atoms with E-state index in [4.69, 9.17) is 16.1 Å². The summed E-state index contributed by atoms with van der Waals surface area (Å²) in [5, 5.41) is 4.69. The number of hydrogen-bond acceptors (Lipinski definition) is 5. The van der Waals surface area contributed by atoms with Crippen molar-refractivity contribution in [1.82, 2.24) is 15.0 Å². The number of carbonyl (C=O) groups is 1. The first kappa shape index (κ1) is 15.5. The van der Waals surface area contributed by atoms with Gasteiger partial charge in [0.05, 0.1) is 22.2 Å². The maximum atomic E-state index is 11.9.